The third-order valence-electron chi connectivity index (χ3n) is 6.26. The maximum atomic E-state index is 12.3. The molecule has 4 rings (SSSR count). The Morgan fingerprint density at radius 3 is 2.53 bits per heavy atom. The Morgan fingerprint density at radius 1 is 1.17 bits per heavy atom. The molecule has 30 heavy (non-hydrogen) atoms. The Bertz CT molecular complexity index is 877. The summed E-state index contributed by atoms with van der Waals surface area (Å²) in [6, 6.07) is 2.66. The average molecular weight is 478 g/mol. The lowest BCUT2D eigenvalue weighted by molar-refractivity contribution is 0.00719. The van der Waals surface area contributed by atoms with Crippen LogP contribution in [-0.2, 0) is 11.2 Å². The van der Waals surface area contributed by atoms with Gasteiger partial charge in [0.15, 0.2) is 0 Å². The van der Waals surface area contributed by atoms with Gasteiger partial charge in [-0.05, 0) is 80.8 Å². The van der Waals surface area contributed by atoms with E-state index in [0.29, 0.717) is 12.0 Å². The highest BCUT2D eigenvalue weighted by atomic mass is 79.9. The van der Waals surface area contributed by atoms with Crippen LogP contribution in [0.1, 0.15) is 52.1 Å². The number of halogens is 1. The summed E-state index contributed by atoms with van der Waals surface area (Å²) in [5.41, 5.74) is 1.80. The van der Waals surface area contributed by atoms with Gasteiger partial charge in [0.2, 0.25) is 0 Å². The maximum absolute atomic E-state index is 12.3. The molecular weight excluding hydrogens is 446 g/mol. The molecule has 8 heteroatoms. The van der Waals surface area contributed by atoms with Crippen molar-refractivity contribution in [1.29, 1.82) is 0 Å². The zero-order valence-electron chi connectivity index (χ0n) is 18.2. The first-order chi connectivity index (χ1) is 14.3. The molecular formula is C22H32BrN5O2. The number of hydrogen-bond donors (Lipinski definition) is 0. The first kappa shape index (κ1) is 21.6. The topological polar surface area (TPSA) is 63.0 Å². The molecule has 0 aromatic carbocycles. The molecule has 0 unspecified atom stereocenters. The molecule has 3 heterocycles. The standard InChI is InChI=1S/C22H32BrN5O2/c1-22(2,3)30-21(29)27-12-10-26(11-13-27)17-6-4-16(5-7-17)14-19-20-18(23)8-9-28(20)25-15-24-19/h8-9,15-17H,4-7,10-14H2,1-3H3. The number of carbonyl (C=O) groups is 1. The van der Waals surface area contributed by atoms with Crippen LogP contribution in [0.2, 0.25) is 0 Å². The van der Waals surface area contributed by atoms with Gasteiger partial charge in [0.1, 0.15) is 17.4 Å². The molecule has 0 spiro atoms. The van der Waals surface area contributed by atoms with Gasteiger partial charge in [-0.15, -0.1) is 0 Å². The molecule has 2 aromatic rings. The first-order valence-corrected chi connectivity index (χ1v) is 11.8. The first-order valence-electron chi connectivity index (χ1n) is 11.0. The molecule has 1 amide bonds. The smallest absolute Gasteiger partial charge is 0.410 e. The number of carbonyl (C=O) groups excluding carboxylic acids is 1. The molecule has 0 N–H and O–H groups in total. The van der Waals surface area contributed by atoms with E-state index in [9.17, 15) is 4.79 Å². The molecule has 0 radical (unpaired) electrons. The minimum absolute atomic E-state index is 0.182. The third kappa shape index (κ3) is 4.97. The highest BCUT2D eigenvalue weighted by molar-refractivity contribution is 9.10. The Balaban J connectivity index is 1.26. The minimum Gasteiger partial charge on any atom is -0.444 e. The van der Waals surface area contributed by atoms with Gasteiger partial charge >= 0.3 is 6.09 Å². The van der Waals surface area contributed by atoms with E-state index >= 15 is 0 Å². The number of amides is 1. The summed E-state index contributed by atoms with van der Waals surface area (Å²) in [7, 11) is 0. The fourth-order valence-corrected chi connectivity index (χ4v) is 5.24. The molecule has 2 fully saturated rings. The van der Waals surface area contributed by atoms with Crippen LogP contribution in [0.25, 0.3) is 5.52 Å². The van der Waals surface area contributed by atoms with Crippen LogP contribution in [-0.4, -0.2) is 68.3 Å². The van der Waals surface area contributed by atoms with Crippen molar-refractivity contribution in [2.75, 3.05) is 26.2 Å². The molecule has 1 saturated heterocycles. The molecule has 7 nitrogen and oxygen atoms in total. The fraction of sp³-hybridized carbons (Fsp3) is 0.682. The Kier molecular flexibility index (Phi) is 6.34. The van der Waals surface area contributed by atoms with Gasteiger partial charge in [0, 0.05) is 42.9 Å². The van der Waals surface area contributed by atoms with E-state index in [2.05, 4.69) is 30.9 Å². The lowest BCUT2D eigenvalue weighted by atomic mass is 9.82. The second-order valence-electron chi connectivity index (χ2n) is 9.55. The molecule has 164 valence electrons. The molecule has 1 saturated carbocycles. The Morgan fingerprint density at radius 2 is 1.87 bits per heavy atom. The minimum atomic E-state index is -0.432. The lowest BCUT2D eigenvalue weighted by Gasteiger charge is -2.42. The van der Waals surface area contributed by atoms with Crippen LogP contribution in [0.3, 0.4) is 0 Å². The van der Waals surface area contributed by atoms with Crippen molar-refractivity contribution in [3.63, 3.8) is 0 Å². The largest absolute Gasteiger partial charge is 0.444 e. The van der Waals surface area contributed by atoms with Crippen molar-refractivity contribution in [3.05, 3.63) is 28.8 Å². The van der Waals surface area contributed by atoms with Crippen LogP contribution in [0, 0.1) is 5.92 Å². The van der Waals surface area contributed by atoms with Gasteiger partial charge in [-0.3, -0.25) is 4.90 Å². The summed E-state index contributed by atoms with van der Waals surface area (Å²) in [4.78, 5) is 21.3. The zero-order chi connectivity index (χ0) is 21.3. The normalized spacial score (nSPS) is 23.7. The van der Waals surface area contributed by atoms with Gasteiger partial charge in [-0.25, -0.2) is 14.3 Å². The van der Waals surface area contributed by atoms with Crippen LogP contribution in [0.15, 0.2) is 23.1 Å². The van der Waals surface area contributed by atoms with Gasteiger partial charge in [0.25, 0.3) is 0 Å². The van der Waals surface area contributed by atoms with Crippen molar-refractivity contribution >= 4 is 27.5 Å². The maximum Gasteiger partial charge on any atom is 0.410 e. The summed E-state index contributed by atoms with van der Waals surface area (Å²) < 4.78 is 8.48. The monoisotopic (exact) mass is 477 g/mol. The van der Waals surface area contributed by atoms with E-state index in [-0.39, 0.29) is 6.09 Å². The molecule has 2 aromatic heterocycles. The molecule has 2 aliphatic rings. The van der Waals surface area contributed by atoms with E-state index in [4.69, 9.17) is 4.74 Å². The predicted octanol–water partition coefficient (Wildman–Crippen LogP) is 4.15. The van der Waals surface area contributed by atoms with E-state index in [1.54, 1.807) is 6.33 Å². The van der Waals surface area contributed by atoms with Crippen LogP contribution in [0.4, 0.5) is 4.79 Å². The van der Waals surface area contributed by atoms with E-state index < -0.39 is 5.60 Å². The summed E-state index contributed by atoms with van der Waals surface area (Å²) in [5, 5.41) is 4.30. The molecule has 0 bridgehead atoms. The zero-order valence-corrected chi connectivity index (χ0v) is 19.8. The number of nitrogens with zero attached hydrogens (tertiary/aromatic N) is 5. The lowest BCUT2D eigenvalue weighted by Crippen LogP contribution is -2.53. The fourth-order valence-electron chi connectivity index (χ4n) is 4.71. The van der Waals surface area contributed by atoms with Crippen molar-refractivity contribution in [3.8, 4) is 0 Å². The van der Waals surface area contributed by atoms with Crippen molar-refractivity contribution in [2.45, 2.75) is 64.5 Å². The van der Waals surface area contributed by atoms with Gasteiger partial charge in [-0.2, -0.15) is 5.10 Å². The Labute approximate surface area is 186 Å². The summed E-state index contributed by atoms with van der Waals surface area (Å²) in [6.45, 7) is 9.16. The van der Waals surface area contributed by atoms with Crippen LogP contribution < -0.4 is 0 Å². The third-order valence-corrected chi connectivity index (χ3v) is 6.90. The van der Waals surface area contributed by atoms with E-state index in [1.165, 1.54) is 25.7 Å². The predicted molar refractivity (Wildman–Crippen MR) is 120 cm³/mol. The number of ether oxygens (including phenoxy) is 1. The van der Waals surface area contributed by atoms with Crippen LogP contribution in [0.5, 0.6) is 0 Å². The van der Waals surface area contributed by atoms with Crippen molar-refractivity contribution in [1.82, 2.24) is 24.4 Å². The molecule has 1 aliphatic carbocycles. The highest BCUT2D eigenvalue weighted by Crippen LogP contribution is 2.32. The second kappa shape index (κ2) is 8.83. The number of fused-ring (bicyclic) bond motifs is 1. The number of hydrogen-bond acceptors (Lipinski definition) is 5. The summed E-state index contributed by atoms with van der Waals surface area (Å²) in [5.74, 6) is 0.671. The van der Waals surface area contributed by atoms with E-state index in [0.717, 1.165) is 48.3 Å². The number of piperazine rings is 1. The van der Waals surface area contributed by atoms with Crippen molar-refractivity contribution < 1.29 is 9.53 Å². The van der Waals surface area contributed by atoms with E-state index in [1.807, 2.05) is 42.4 Å². The second-order valence-corrected chi connectivity index (χ2v) is 10.4. The van der Waals surface area contributed by atoms with Crippen LogP contribution >= 0.6 is 15.9 Å². The van der Waals surface area contributed by atoms with Gasteiger partial charge in [0.05, 0.1) is 5.69 Å². The Hall–Kier alpha value is -1.67. The average Bonchev–Trinajstić information content (AvgIpc) is 3.09. The van der Waals surface area contributed by atoms with Gasteiger partial charge < -0.3 is 9.64 Å². The quantitative estimate of drug-likeness (QED) is 0.664. The van der Waals surface area contributed by atoms with Crippen molar-refractivity contribution in [2.24, 2.45) is 5.92 Å². The molecule has 0 atom stereocenters. The summed E-state index contributed by atoms with van der Waals surface area (Å²) >= 11 is 3.63. The van der Waals surface area contributed by atoms with Gasteiger partial charge in [-0.1, -0.05) is 0 Å². The number of aromatic nitrogens is 3. The summed E-state index contributed by atoms with van der Waals surface area (Å²) in [6.07, 6.45) is 9.35. The molecule has 1 aliphatic heterocycles. The number of rotatable bonds is 3. The highest BCUT2D eigenvalue weighted by Gasteiger charge is 2.31. The SMILES string of the molecule is CC(C)(C)OC(=O)N1CCN(C2CCC(Cc3ncnn4ccc(Br)c34)CC2)CC1.